The van der Waals surface area contributed by atoms with E-state index >= 15 is 0 Å². The van der Waals surface area contributed by atoms with Crippen molar-refractivity contribution < 1.29 is 4.74 Å². The van der Waals surface area contributed by atoms with Gasteiger partial charge in [-0.1, -0.05) is 36.0 Å². The first-order valence-corrected chi connectivity index (χ1v) is 7.77. The van der Waals surface area contributed by atoms with E-state index in [1.54, 1.807) is 11.8 Å². The van der Waals surface area contributed by atoms with Gasteiger partial charge in [0.25, 0.3) is 0 Å². The summed E-state index contributed by atoms with van der Waals surface area (Å²) >= 11 is 12.6. The van der Waals surface area contributed by atoms with E-state index in [-0.39, 0.29) is 0 Å². The van der Waals surface area contributed by atoms with Gasteiger partial charge < -0.3 is 4.74 Å². The van der Waals surface area contributed by atoms with E-state index in [4.69, 9.17) is 28.6 Å². The van der Waals surface area contributed by atoms with Crippen LogP contribution < -0.4 is 4.74 Å². The first-order valence-electron chi connectivity index (χ1n) is 5.76. The fraction of sp³-hybridized carbons (Fsp3) is 0.133. The minimum Gasteiger partial charge on any atom is -0.457 e. The maximum Gasteiger partial charge on any atom is 0.127 e. The van der Waals surface area contributed by atoms with Crippen molar-refractivity contribution in [2.45, 2.75) is 6.42 Å². The Morgan fingerprint density at radius 3 is 2.11 bits per heavy atom. The van der Waals surface area contributed by atoms with Crippen LogP contribution in [0.1, 0.15) is 5.56 Å². The average molecular weight is 309 g/mol. The smallest absolute Gasteiger partial charge is 0.127 e. The highest BCUT2D eigenvalue weighted by Gasteiger charge is 2.00. The highest BCUT2D eigenvalue weighted by Crippen LogP contribution is 2.23. The third-order valence-corrected chi connectivity index (χ3v) is 4.04. The highest BCUT2D eigenvalue weighted by molar-refractivity contribution is 8.22. The molecule has 0 unspecified atom stereocenters. The van der Waals surface area contributed by atoms with Crippen molar-refractivity contribution in [2.24, 2.45) is 0 Å². The quantitative estimate of drug-likeness (QED) is 0.703. The number of rotatable bonds is 4. The number of thiocarbonyl (C=S) groups is 1. The molecule has 0 fully saturated rings. The van der Waals surface area contributed by atoms with Crippen LogP contribution in [0.3, 0.4) is 0 Å². The molecule has 0 saturated carbocycles. The van der Waals surface area contributed by atoms with Gasteiger partial charge in [0.2, 0.25) is 0 Å². The van der Waals surface area contributed by atoms with E-state index in [2.05, 4.69) is 0 Å². The summed E-state index contributed by atoms with van der Waals surface area (Å²) in [5.74, 6) is 1.58. The lowest BCUT2D eigenvalue weighted by atomic mass is 10.2. The van der Waals surface area contributed by atoms with Crippen molar-refractivity contribution >= 4 is 39.8 Å². The molecular formula is C15H13ClOS2. The largest absolute Gasteiger partial charge is 0.457 e. The Bertz CT molecular complexity index is 549. The van der Waals surface area contributed by atoms with Gasteiger partial charge in [-0.2, -0.15) is 0 Å². The van der Waals surface area contributed by atoms with Crippen LogP contribution in [0, 0.1) is 0 Å². The molecule has 0 atom stereocenters. The summed E-state index contributed by atoms with van der Waals surface area (Å²) < 4.78 is 6.71. The minimum atomic E-state index is 0.702. The van der Waals surface area contributed by atoms with Gasteiger partial charge in [0.05, 0.1) is 4.20 Å². The van der Waals surface area contributed by atoms with Crippen LogP contribution >= 0.6 is 35.6 Å². The Hall–Kier alpha value is -1.03. The number of ether oxygens (including phenoxy) is 1. The second-order valence-electron chi connectivity index (χ2n) is 3.95. The first kappa shape index (κ1) is 14.4. The lowest BCUT2D eigenvalue weighted by molar-refractivity contribution is 0.482. The Morgan fingerprint density at radius 2 is 1.58 bits per heavy atom. The summed E-state index contributed by atoms with van der Waals surface area (Å²) in [6, 6.07) is 15.3. The summed E-state index contributed by atoms with van der Waals surface area (Å²) in [4.78, 5) is 0. The van der Waals surface area contributed by atoms with Crippen LogP contribution in [0.2, 0.25) is 5.02 Å². The molecule has 2 rings (SSSR count). The second-order valence-corrected chi connectivity index (χ2v) is 6.04. The maximum atomic E-state index is 5.83. The van der Waals surface area contributed by atoms with Crippen LogP contribution in [0.4, 0.5) is 0 Å². The van der Waals surface area contributed by atoms with Gasteiger partial charge in [-0.25, -0.2) is 0 Å². The van der Waals surface area contributed by atoms with Gasteiger partial charge in [0.1, 0.15) is 11.5 Å². The van der Waals surface area contributed by atoms with Gasteiger partial charge in [-0.05, 0) is 48.2 Å². The van der Waals surface area contributed by atoms with Crippen molar-refractivity contribution in [1.82, 2.24) is 0 Å². The van der Waals surface area contributed by atoms with E-state index in [0.717, 1.165) is 22.1 Å². The molecule has 0 N–H and O–H groups in total. The summed E-state index contributed by atoms with van der Waals surface area (Å²) in [6.45, 7) is 0. The van der Waals surface area contributed by atoms with E-state index < -0.39 is 0 Å². The van der Waals surface area contributed by atoms with Crippen LogP contribution in [-0.2, 0) is 6.42 Å². The molecule has 4 heteroatoms. The predicted molar refractivity (Wildman–Crippen MR) is 87.8 cm³/mol. The molecule has 0 heterocycles. The lowest BCUT2D eigenvalue weighted by Gasteiger charge is -2.07. The molecule has 98 valence electrons. The molecule has 19 heavy (non-hydrogen) atoms. The topological polar surface area (TPSA) is 9.23 Å². The summed E-state index contributed by atoms with van der Waals surface area (Å²) in [6.07, 6.45) is 2.82. The fourth-order valence-electron chi connectivity index (χ4n) is 1.55. The number of benzene rings is 2. The number of hydrogen-bond acceptors (Lipinski definition) is 3. The number of halogens is 1. The van der Waals surface area contributed by atoms with Crippen molar-refractivity contribution in [2.75, 3.05) is 6.26 Å². The van der Waals surface area contributed by atoms with Gasteiger partial charge in [-0.3, -0.25) is 0 Å². The van der Waals surface area contributed by atoms with Gasteiger partial charge in [-0.15, -0.1) is 11.8 Å². The van der Waals surface area contributed by atoms with Crippen molar-refractivity contribution in [3.05, 3.63) is 59.1 Å². The molecule has 1 nitrogen and oxygen atoms in total. The Labute approximate surface area is 127 Å². The average Bonchev–Trinajstić information content (AvgIpc) is 2.43. The Balaban J connectivity index is 2.02. The monoisotopic (exact) mass is 308 g/mol. The van der Waals surface area contributed by atoms with E-state index in [0.29, 0.717) is 5.02 Å². The van der Waals surface area contributed by atoms with E-state index in [9.17, 15) is 0 Å². The molecule has 0 aromatic heterocycles. The lowest BCUT2D eigenvalue weighted by Crippen LogP contribution is -1.93. The first-order chi connectivity index (χ1) is 9.17. The maximum absolute atomic E-state index is 5.83. The molecule has 2 aromatic carbocycles. The highest BCUT2D eigenvalue weighted by atomic mass is 35.5. The summed E-state index contributed by atoms with van der Waals surface area (Å²) in [5, 5.41) is 0.702. The molecule has 0 saturated heterocycles. The second kappa shape index (κ2) is 6.94. The third-order valence-electron chi connectivity index (χ3n) is 2.55. The van der Waals surface area contributed by atoms with E-state index in [1.165, 1.54) is 5.56 Å². The standard InChI is InChI=1S/C15H13ClOS2/c1-19-15(18)10-11-2-6-13(7-3-11)17-14-8-4-12(16)5-9-14/h2-9H,10H2,1H3. The molecular weight excluding hydrogens is 296 g/mol. The van der Waals surface area contributed by atoms with E-state index in [1.807, 2.05) is 54.8 Å². The minimum absolute atomic E-state index is 0.702. The summed E-state index contributed by atoms with van der Waals surface area (Å²) in [7, 11) is 0. The third kappa shape index (κ3) is 4.53. The number of thioether (sulfide) groups is 1. The van der Waals surface area contributed by atoms with Crippen LogP contribution in [-0.4, -0.2) is 10.5 Å². The van der Waals surface area contributed by atoms with Crippen molar-refractivity contribution in [1.29, 1.82) is 0 Å². The number of hydrogen-bond donors (Lipinski definition) is 0. The fourth-order valence-corrected chi connectivity index (χ4v) is 2.16. The molecule has 0 radical (unpaired) electrons. The van der Waals surface area contributed by atoms with Crippen LogP contribution in [0.15, 0.2) is 48.5 Å². The molecule has 0 amide bonds. The van der Waals surface area contributed by atoms with Gasteiger partial charge in [0, 0.05) is 11.4 Å². The molecule has 2 aromatic rings. The van der Waals surface area contributed by atoms with Crippen LogP contribution in [0.25, 0.3) is 0 Å². The normalized spacial score (nSPS) is 10.2. The molecule has 0 aliphatic heterocycles. The van der Waals surface area contributed by atoms with Crippen molar-refractivity contribution in [3.8, 4) is 11.5 Å². The molecule has 0 spiro atoms. The molecule has 0 aliphatic carbocycles. The van der Waals surface area contributed by atoms with Crippen molar-refractivity contribution in [3.63, 3.8) is 0 Å². The Morgan fingerprint density at radius 1 is 1.05 bits per heavy atom. The SMILES string of the molecule is CSC(=S)Cc1ccc(Oc2ccc(Cl)cc2)cc1. The predicted octanol–water partition coefficient (Wildman–Crippen LogP) is 5.37. The zero-order valence-electron chi connectivity index (χ0n) is 10.4. The zero-order valence-corrected chi connectivity index (χ0v) is 12.8. The van der Waals surface area contributed by atoms with Crippen LogP contribution in [0.5, 0.6) is 11.5 Å². The Kier molecular flexibility index (Phi) is 5.25. The summed E-state index contributed by atoms with van der Waals surface area (Å²) in [5.41, 5.74) is 1.20. The van der Waals surface area contributed by atoms with Gasteiger partial charge in [0.15, 0.2) is 0 Å². The van der Waals surface area contributed by atoms with Gasteiger partial charge >= 0.3 is 0 Å². The zero-order chi connectivity index (χ0) is 13.7. The molecule has 0 aliphatic rings. The molecule has 0 bridgehead atoms.